The molecule has 2 aromatic rings. The second-order valence-corrected chi connectivity index (χ2v) is 7.01. The SMILES string of the molecule is CC(C)NC(=O)N1CCC[C@H]1C(=O)NCCc1coc(-c2ccccc2)n1. The minimum absolute atomic E-state index is 0.0489. The molecule has 7 nitrogen and oxygen atoms in total. The molecule has 2 heterocycles. The van der Waals surface area contributed by atoms with E-state index in [1.54, 1.807) is 11.2 Å². The third-order valence-corrected chi connectivity index (χ3v) is 4.48. The van der Waals surface area contributed by atoms with E-state index in [9.17, 15) is 9.59 Å². The summed E-state index contributed by atoms with van der Waals surface area (Å²) < 4.78 is 5.51. The monoisotopic (exact) mass is 370 g/mol. The third-order valence-electron chi connectivity index (χ3n) is 4.48. The molecule has 1 aliphatic heterocycles. The first-order valence-corrected chi connectivity index (χ1v) is 9.39. The minimum atomic E-state index is -0.402. The predicted molar refractivity (Wildman–Crippen MR) is 102 cm³/mol. The zero-order valence-electron chi connectivity index (χ0n) is 15.8. The molecule has 7 heteroatoms. The van der Waals surface area contributed by atoms with Gasteiger partial charge in [-0.25, -0.2) is 9.78 Å². The van der Waals surface area contributed by atoms with Crippen molar-refractivity contribution in [2.75, 3.05) is 13.1 Å². The number of likely N-dealkylation sites (tertiary alicyclic amines) is 1. The fourth-order valence-corrected chi connectivity index (χ4v) is 3.18. The second kappa shape index (κ2) is 8.70. The zero-order valence-corrected chi connectivity index (χ0v) is 15.8. The fourth-order valence-electron chi connectivity index (χ4n) is 3.18. The summed E-state index contributed by atoms with van der Waals surface area (Å²) in [5.41, 5.74) is 1.71. The lowest BCUT2D eigenvalue weighted by molar-refractivity contribution is -0.124. The Balaban J connectivity index is 1.49. The van der Waals surface area contributed by atoms with E-state index in [-0.39, 0.29) is 18.0 Å². The maximum Gasteiger partial charge on any atom is 0.318 e. The van der Waals surface area contributed by atoms with Crippen molar-refractivity contribution in [1.82, 2.24) is 20.5 Å². The van der Waals surface area contributed by atoms with Crippen LogP contribution in [0.1, 0.15) is 32.4 Å². The van der Waals surface area contributed by atoms with Crippen molar-refractivity contribution >= 4 is 11.9 Å². The molecule has 1 aromatic heterocycles. The number of hydrogen-bond acceptors (Lipinski definition) is 4. The molecule has 2 N–H and O–H groups in total. The highest BCUT2D eigenvalue weighted by molar-refractivity contribution is 5.87. The maximum absolute atomic E-state index is 12.5. The second-order valence-electron chi connectivity index (χ2n) is 7.01. The van der Waals surface area contributed by atoms with Crippen molar-refractivity contribution in [1.29, 1.82) is 0 Å². The van der Waals surface area contributed by atoms with E-state index in [2.05, 4.69) is 15.6 Å². The number of nitrogens with zero attached hydrogens (tertiary/aromatic N) is 2. The first-order chi connectivity index (χ1) is 13.0. The van der Waals surface area contributed by atoms with Gasteiger partial charge in [0.05, 0.1) is 5.69 Å². The van der Waals surface area contributed by atoms with Gasteiger partial charge < -0.3 is 20.0 Å². The fraction of sp³-hybridized carbons (Fsp3) is 0.450. The van der Waals surface area contributed by atoms with Gasteiger partial charge in [-0.3, -0.25) is 4.79 Å². The molecule has 1 atom stereocenters. The van der Waals surface area contributed by atoms with Crippen LogP contribution in [0.25, 0.3) is 11.5 Å². The van der Waals surface area contributed by atoms with E-state index in [1.165, 1.54) is 0 Å². The lowest BCUT2D eigenvalue weighted by atomic mass is 10.2. The van der Waals surface area contributed by atoms with Gasteiger partial charge in [-0.15, -0.1) is 0 Å². The summed E-state index contributed by atoms with van der Waals surface area (Å²) in [6.45, 7) is 4.88. The Morgan fingerprint density at radius 2 is 2.07 bits per heavy atom. The molecule has 0 unspecified atom stereocenters. The molecule has 0 aliphatic carbocycles. The highest BCUT2D eigenvalue weighted by Gasteiger charge is 2.34. The van der Waals surface area contributed by atoms with Gasteiger partial charge in [0.15, 0.2) is 0 Å². The number of amides is 3. The molecule has 0 saturated carbocycles. The maximum atomic E-state index is 12.5. The van der Waals surface area contributed by atoms with Crippen LogP contribution in [-0.4, -0.2) is 47.0 Å². The van der Waals surface area contributed by atoms with Gasteiger partial charge in [-0.05, 0) is 38.8 Å². The summed E-state index contributed by atoms with van der Waals surface area (Å²) in [7, 11) is 0. The van der Waals surface area contributed by atoms with Gasteiger partial charge in [-0.2, -0.15) is 0 Å². The van der Waals surface area contributed by atoms with Gasteiger partial charge in [-0.1, -0.05) is 18.2 Å². The molecule has 1 aromatic carbocycles. The molecular formula is C20H26N4O3. The summed E-state index contributed by atoms with van der Waals surface area (Å²) in [5.74, 6) is 0.461. The van der Waals surface area contributed by atoms with Crippen LogP contribution in [0.2, 0.25) is 0 Å². The highest BCUT2D eigenvalue weighted by Crippen LogP contribution is 2.19. The molecule has 3 rings (SSSR count). The number of nitrogens with one attached hydrogen (secondary N) is 2. The predicted octanol–water partition coefficient (Wildman–Crippen LogP) is 2.58. The summed E-state index contributed by atoms with van der Waals surface area (Å²) in [6, 6.07) is 9.16. The molecule has 0 spiro atoms. The van der Waals surface area contributed by atoms with Gasteiger partial charge in [0.1, 0.15) is 12.3 Å². The molecular weight excluding hydrogens is 344 g/mol. The van der Waals surface area contributed by atoms with Crippen LogP contribution in [0.5, 0.6) is 0 Å². The van der Waals surface area contributed by atoms with Crippen LogP contribution in [0.3, 0.4) is 0 Å². The number of carbonyl (C=O) groups is 2. The van der Waals surface area contributed by atoms with Crippen LogP contribution < -0.4 is 10.6 Å². The quantitative estimate of drug-likeness (QED) is 0.818. The topological polar surface area (TPSA) is 87.5 Å². The van der Waals surface area contributed by atoms with Gasteiger partial charge in [0.25, 0.3) is 0 Å². The number of rotatable bonds is 6. The van der Waals surface area contributed by atoms with Crippen molar-refractivity contribution in [3.8, 4) is 11.5 Å². The van der Waals surface area contributed by atoms with Gasteiger partial charge in [0.2, 0.25) is 11.8 Å². The normalized spacial score (nSPS) is 16.6. The van der Waals surface area contributed by atoms with E-state index in [4.69, 9.17) is 4.42 Å². The summed E-state index contributed by atoms with van der Waals surface area (Å²) in [6.07, 6.45) is 3.73. The third kappa shape index (κ3) is 4.87. The van der Waals surface area contributed by atoms with E-state index in [0.29, 0.717) is 31.8 Å². The largest absolute Gasteiger partial charge is 0.444 e. The molecule has 1 aliphatic rings. The van der Waals surface area contributed by atoms with Crippen molar-refractivity contribution in [2.24, 2.45) is 0 Å². The molecule has 1 saturated heterocycles. The zero-order chi connectivity index (χ0) is 19.2. The average molecular weight is 370 g/mol. The lowest BCUT2D eigenvalue weighted by Crippen LogP contribution is -2.51. The molecule has 27 heavy (non-hydrogen) atoms. The van der Waals surface area contributed by atoms with Crippen molar-refractivity contribution in [2.45, 2.75) is 45.2 Å². The van der Waals surface area contributed by atoms with Gasteiger partial charge >= 0.3 is 6.03 Å². The number of aromatic nitrogens is 1. The molecule has 0 radical (unpaired) electrons. The Hall–Kier alpha value is -2.83. The Bertz CT molecular complexity index is 773. The smallest absolute Gasteiger partial charge is 0.318 e. The van der Waals surface area contributed by atoms with Crippen molar-refractivity contribution < 1.29 is 14.0 Å². The number of urea groups is 1. The van der Waals surface area contributed by atoms with E-state index in [1.807, 2.05) is 44.2 Å². The van der Waals surface area contributed by atoms with Crippen LogP contribution in [0.4, 0.5) is 4.79 Å². The Morgan fingerprint density at radius 1 is 1.30 bits per heavy atom. The number of carbonyl (C=O) groups excluding carboxylic acids is 2. The van der Waals surface area contributed by atoms with Crippen LogP contribution >= 0.6 is 0 Å². The molecule has 0 bridgehead atoms. The Kier molecular flexibility index (Phi) is 6.11. The van der Waals surface area contributed by atoms with Gasteiger partial charge in [0, 0.05) is 31.1 Å². The van der Waals surface area contributed by atoms with Crippen molar-refractivity contribution in [3.63, 3.8) is 0 Å². The molecule has 3 amide bonds. The summed E-state index contributed by atoms with van der Waals surface area (Å²) in [4.78, 5) is 30.8. The van der Waals surface area contributed by atoms with Crippen molar-refractivity contribution in [3.05, 3.63) is 42.3 Å². The number of oxazole rings is 1. The van der Waals surface area contributed by atoms with E-state index in [0.717, 1.165) is 17.7 Å². The average Bonchev–Trinajstić information content (AvgIpc) is 3.31. The first kappa shape index (κ1) is 18.9. The lowest BCUT2D eigenvalue weighted by Gasteiger charge is -2.25. The van der Waals surface area contributed by atoms with Crippen LogP contribution in [-0.2, 0) is 11.2 Å². The number of benzene rings is 1. The number of hydrogen-bond donors (Lipinski definition) is 2. The van der Waals surface area contributed by atoms with E-state index >= 15 is 0 Å². The first-order valence-electron chi connectivity index (χ1n) is 9.39. The summed E-state index contributed by atoms with van der Waals surface area (Å²) in [5, 5.41) is 5.77. The van der Waals surface area contributed by atoms with E-state index < -0.39 is 6.04 Å². The minimum Gasteiger partial charge on any atom is -0.444 e. The Labute approximate surface area is 159 Å². The van der Waals surface area contributed by atoms with Crippen LogP contribution in [0.15, 0.2) is 41.0 Å². The standard InChI is InChI=1S/C20H26N4O3/c1-14(2)22-20(26)24-12-6-9-17(24)18(25)21-11-10-16-13-27-19(23-16)15-7-4-3-5-8-15/h3-5,7-8,13-14,17H,6,9-12H2,1-2H3,(H,21,25)(H,22,26)/t17-/m0/s1. The highest BCUT2D eigenvalue weighted by atomic mass is 16.3. The molecule has 1 fully saturated rings. The Morgan fingerprint density at radius 3 is 2.81 bits per heavy atom. The summed E-state index contributed by atoms with van der Waals surface area (Å²) >= 11 is 0. The molecule has 144 valence electrons. The van der Waals surface area contributed by atoms with Crippen LogP contribution in [0, 0.1) is 0 Å².